The molecule has 1 aromatic heterocycles. The Kier molecular flexibility index (Phi) is 4.71. The first-order valence-corrected chi connectivity index (χ1v) is 8.30. The van der Waals surface area contributed by atoms with Gasteiger partial charge in [-0.25, -0.2) is 0 Å². The van der Waals surface area contributed by atoms with E-state index >= 15 is 0 Å². The zero-order chi connectivity index (χ0) is 17.2. The summed E-state index contributed by atoms with van der Waals surface area (Å²) in [6.45, 7) is 2.38. The van der Waals surface area contributed by atoms with Gasteiger partial charge in [-0.05, 0) is 12.5 Å². The number of aromatic nitrogens is 1. The monoisotopic (exact) mass is 333 g/mol. The van der Waals surface area contributed by atoms with Crippen LogP contribution in [0.1, 0.15) is 12.8 Å². The van der Waals surface area contributed by atoms with Gasteiger partial charge in [-0.2, -0.15) is 0 Å². The third-order valence-corrected chi connectivity index (χ3v) is 5.20. The summed E-state index contributed by atoms with van der Waals surface area (Å²) in [5.41, 5.74) is -0.651. The molecule has 3 heterocycles. The molecule has 130 valence electrons. The van der Waals surface area contributed by atoms with Crippen molar-refractivity contribution in [3.63, 3.8) is 0 Å². The first-order valence-electron chi connectivity index (χ1n) is 8.30. The molecule has 2 aliphatic heterocycles. The summed E-state index contributed by atoms with van der Waals surface area (Å²) in [5, 5.41) is 2.74. The standard InChI is InChI=1S/C17H23N3O4/c1-18-16(23)17-6-9-24-11-13(17)10-20(12-17)15(22)5-8-19-7-3-2-4-14(19)21/h2-4,7,13H,5-6,8-12H2,1H3,(H,18,23)/t13-,17+/m1/s1. The summed E-state index contributed by atoms with van der Waals surface area (Å²) in [7, 11) is 1.63. The largest absolute Gasteiger partial charge is 0.381 e. The second-order valence-corrected chi connectivity index (χ2v) is 6.51. The molecule has 0 unspecified atom stereocenters. The van der Waals surface area contributed by atoms with Crippen LogP contribution in [0.5, 0.6) is 0 Å². The van der Waals surface area contributed by atoms with Crippen LogP contribution in [0.2, 0.25) is 0 Å². The predicted molar refractivity (Wildman–Crippen MR) is 87.3 cm³/mol. The van der Waals surface area contributed by atoms with Crippen molar-refractivity contribution in [1.82, 2.24) is 14.8 Å². The first-order chi connectivity index (χ1) is 11.6. The molecule has 2 fully saturated rings. The quantitative estimate of drug-likeness (QED) is 0.831. The van der Waals surface area contributed by atoms with Gasteiger partial charge in [-0.3, -0.25) is 14.4 Å². The molecule has 2 aliphatic rings. The van der Waals surface area contributed by atoms with Gasteiger partial charge in [0.15, 0.2) is 0 Å². The third kappa shape index (κ3) is 2.96. The van der Waals surface area contributed by atoms with Gasteiger partial charge in [0.1, 0.15) is 0 Å². The van der Waals surface area contributed by atoms with E-state index in [9.17, 15) is 14.4 Å². The van der Waals surface area contributed by atoms with Gasteiger partial charge in [0.25, 0.3) is 5.56 Å². The molecule has 2 atom stereocenters. The molecule has 0 bridgehead atoms. The Hall–Kier alpha value is -2.15. The van der Waals surface area contributed by atoms with Gasteiger partial charge in [0.2, 0.25) is 11.8 Å². The minimum Gasteiger partial charge on any atom is -0.381 e. The van der Waals surface area contributed by atoms with Crippen molar-refractivity contribution < 1.29 is 14.3 Å². The lowest BCUT2D eigenvalue weighted by Crippen LogP contribution is -2.49. The number of nitrogens with one attached hydrogen (secondary N) is 1. The van der Waals surface area contributed by atoms with Crippen LogP contribution in [-0.2, 0) is 20.9 Å². The van der Waals surface area contributed by atoms with Crippen molar-refractivity contribution >= 4 is 11.8 Å². The summed E-state index contributed by atoms with van der Waals surface area (Å²) < 4.78 is 7.04. The Morgan fingerprint density at radius 3 is 3.00 bits per heavy atom. The van der Waals surface area contributed by atoms with Crippen LogP contribution in [0.15, 0.2) is 29.2 Å². The van der Waals surface area contributed by atoms with E-state index in [1.165, 1.54) is 10.6 Å². The number of pyridine rings is 1. The molecule has 2 amide bonds. The summed E-state index contributed by atoms with van der Waals surface area (Å²) in [6, 6.07) is 4.93. The third-order valence-electron chi connectivity index (χ3n) is 5.20. The van der Waals surface area contributed by atoms with Crippen molar-refractivity contribution in [2.45, 2.75) is 19.4 Å². The molecule has 1 aromatic rings. The second kappa shape index (κ2) is 6.76. The van der Waals surface area contributed by atoms with E-state index in [0.29, 0.717) is 39.3 Å². The zero-order valence-corrected chi connectivity index (χ0v) is 13.9. The molecular formula is C17H23N3O4. The number of ether oxygens (including phenoxy) is 1. The summed E-state index contributed by atoms with van der Waals surface area (Å²) in [4.78, 5) is 38.4. The Labute approximate surface area is 140 Å². The van der Waals surface area contributed by atoms with Crippen molar-refractivity contribution in [3.8, 4) is 0 Å². The Morgan fingerprint density at radius 2 is 2.25 bits per heavy atom. The molecule has 0 aliphatic carbocycles. The van der Waals surface area contributed by atoms with Gasteiger partial charge in [0.05, 0.1) is 12.0 Å². The Balaban J connectivity index is 1.67. The lowest BCUT2D eigenvalue weighted by Gasteiger charge is -2.36. The molecule has 0 radical (unpaired) electrons. The fourth-order valence-electron chi connectivity index (χ4n) is 3.78. The number of rotatable bonds is 4. The number of aryl methyl sites for hydroxylation is 1. The summed E-state index contributed by atoms with van der Waals surface area (Å²) >= 11 is 0. The van der Waals surface area contributed by atoms with E-state index in [1.54, 1.807) is 30.3 Å². The Bertz CT molecular complexity index is 686. The number of likely N-dealkylation sites (tertiary alicyclic amines) is 1. The highest BCUT2D eigenvalue weighted by molar-refractivity contribution is 5.85. The van der Waals surface area contributed by atoms with Gasteiger partial charge in [-0.15, -0.1) is 0 Å². The van der Waals surface area contributed by atoms with Crippen LogP contribution in [-0.4, -0.2) is 54.6 Å². The van der Waals surface area contributed by atoms with E-state index in [2.05, 4.69) is 5.32 Å². The van der Waals surface area contributed by atoms with Gasteiger partial charge >= 0.3 is 0 Å². The SMILES string of the molecule is CNC(=O)[C@]12CCOC[C@H]1CN(C(=O)CCn1ccccc1=O)C2. The maximum atomic E-state index is 12.6. The second-order valence-electron chi connectivity index (χ2n) is 6.51. The van der Waals surface area contributed by atoms with Crippen LogP contribution in [0.3, 0.4) is 0 Å². The molecule has 0 aromatic carbocycles. The van der Waals surface area contributed by atoms with Crippen molar-refractivity contribution in [3.05, 3.63) is 34.7 Å². The van der Waals surface area contributed by atoms with Crippen LogP contribution in [0.25, 0.3) is 0 Å². The van der Waals surface area contributed by atoms with Crippen LogP contribution >= 0.6 is 0 Å². The van der Waals surface area contributed by atoms with Crippen molar-refractivity contribution in [2.24, 2.45) is 11.3 Å². The minimum absolute atomic E-state index is 0.00891. The molecule has 7 nitrogen and oxygen atoms in total. The molecule has 7 heteroatoms. The van der Waals surface area contributed by atoms with Crippen molar-refractivity contribution in [1.29, 1.82) is 0 Å². The maximum Gasteiger partial charge on any atom is 0.250 e. The number of hydrogen-bond acceptors (Lipinski definition) is 4. The molecule has 0 saturated carbocycles. The number of hydrogen-bond donors (Lipinski definition) is 1. The van der Waals surface area contributed by atoms with Gasteiger partial charge in [-0.1, -0.05) is 6.07 Å². The van der Waals surface area contributed by atoms with E-state index in [1.807, 2.05) is 0 Å². The Morgan fingerprint density at radius 1 is 1.42 bits per heavy atom. The highest BCUT2D eigenvalue weighted by Gasteiger charge is 2.54. The molecular weight excluding hydrogens is 310 g/mol. The average molecular weight is 333 g/mol. The summed E-state index contributed by atoms with van der Waals surface area (Å²) in [5.74, 6) is 0.00316. The molecule has 24 heavy (non-hydrogen) atoms. The van der Waals surface area contributed by atoms with Crippen molar-refractivity contribution in [2.75, 3.05) is 33.4 Å². The fourth-order valence-corrected chi connectivity index (χ4v) is 3.78. The molecule has 1 N–H and O–H groups in total. The van der Waals surface area contributed by atoms with E-state index in [0.717, 1.165) is 0 Å². The topological polar surface area (TPSA) is 80.6 Å². The van der Waals surface area contributed by atoms with E-state index in [4.69, 9.17) is 4.74 Å². The fraction of sp³-hybridized carbons (Fsp3) is 0.588. The van der Waals surface area contributed by atoms with Crippen LogP contribution in [0.4, 0.5) is 0 Å². The lowest BCUT2D eigenvalue weighted by atomic mass is 9.73. The first kappa shape index (κ1) is 16.7. The number of carbonyl (C=O) groups is 2. The smallest absolute Gasteiger partial charge is 0.250 e. The number of carbonyl (C=O) groups excluding carboxylic acids is 2. The number of amides is 2. The maximum absolute atomic E-state index is 12.6. The lowest BCUT2D eigenvalue weighted by molar-refractivity contribution is -0.139. The predicted octanol–water partition coefficient (Wildman–Crippen LogP) is -0.150. The normalized spacial score (nSPS) is 26.0. The van der Waals surface area contributed by atoms with E-state index < -0.39 is 5.41 Å². The minimum atomic E-state index is -0.535. The molecule has 0 spiro atoms. The molecule has 3 rings (SSSR count). The highest BCUT2D eigenvalue weighted by atomic mass is 16.5. The zero-order valence-electron chi connectivity index (χ0n) is 13.9. The highest BCUT2D eigenvalue weighted by Crippen LogP contribution is 2.42. The summed E-state index contributed by atoms with van der Waals surface area (Å²) in [6.07, 6.45) is 2.57. The van der Waals surface area contributed by atoms with Crippen LogP contribution in [0, 0.1) is 11.3 Å². The van der Waals surface area contributed by atoms with Crippen LogP contribution < -0.4 is 10.9 Å². The van der Waals surface area contributed by atoms with E-state index in [-0.39, 0.29) is 29.7 Å². The number of nitrogens with zero attached hydrogens (tertiary/aromatic N) is 2. The molecule has 2 saturated heterocycles. The average Bonchev–Trinajstić information content (AvgIpc) is 3.01. The van der Waals surface area contributed by atoms with Gasteiger partial charge in [0, 0.05) is 57.9 Å². The number of fused-ring (bicyclic) bond motifs is 1. The van der Waals surface area contributed by atoms with Gasteiger partial charge < -0.3 is 19.5 Å².